The molecule has 5 aromatic carbocycles. The molecule has 762 valence electrons. The third-order valence-corrected chi connectivity index (χ3v) is 21.9. The minimum Gasteiger partial charge on any atom is -0.300 e. The number of nitrogens with zero attached hydrogens (tertiary/aromatic N) is 3. The molecule has 0 aliphatic rings. The van der Waals surface area contributed by atoms with E-state index in [-0.39, 0.29) is 61.1 Å². The summed E-state index contributed by atoms with van der Waals surface area (Å²) in [4.78, 5) is 49.9. The summed E-state index contributed by atoms with van der Waals surface area (Å²) in [5.41, 5.74) is 20.4. The van der Waals surface area contributed by atoms with Gasteiger partial charge in [0.1, 0.15) is 29.0 Å². The molecule has 8 heteroatoms. The van der Waals surface area contributed by atoms with E-state index in [9.17, 15) is 23.2 Å². The van der Waals surface area contributed by atoms with Crippen LogP contribution in [-0.2, 0) is 93.1 Å². The molecule has 0 saturated heterocycles. The van der Waals surface area contributed by atoms with E-state index in [0.717, 1.165) is 118 Å². The maximum absolute atomic E-state index is 13.9. The highest BCUT2D eigenvalue weighted by Gasteiger charge is 2.25. The molecule has 0 aliphatic heterocycles. The van der Waals surface area contributed by atoms with Crippen LogP contribution in [0.5, 0.6) is 0 Å². The molecule has 135 heavy (non-hydrogen) atoms. The highest BCUT2D eigenvalue weighted by Crippen LogP contribution is 2.34. The number of carbonyl (C=O) groups is 3. The summed E-state index contributed by atoms with van der Waals surface area (Å²) in [7, 11) is 0. The van der Waals surface area contributed by atoms with E-state index in [1.807, 2.05) is 30.3 Å². The Hall–Kier alpha value is -6.80. The van der Waals surface area contributed by atoms with Crippen molar-refractivity contribution in [1.29, 1.82) is 0 Å². The summed E-state index contributed by atoms with van der Waals surface area (Å²) in [5.74, 6) is 1.53. The Bertz CT molecular complexity index is 4510. The monoisotopic (exact) mass is 1860 g/mol. The van der Waals surface area contributed by atoms with Crippen molar-refractivity contribution in [3.05, 3.63) is 229 Å². The maximum atomic E-state index is 13.9. The summed E-state index contributed by atoms with van der Waals surface area (Å²) in [6, 6.07) is 46.0. The average Bonchev–Trinajstić information content (AvgIpc) is 0.947. The Labute approximate surface area is 832 Å². The molecule has 6 nitrogen and oxygen atoms in total. The quantitative estimate of drug-likeness (QED) is 0.0318. The molecular formula is C127H207F2N3O3. The average molecular weight is 1860 g/mol. The van der Waals surface area contributed by atoms with E-state index in [0.29, 0.717) is 93.5 Å². The highest BCUT2D eigenvalue weighted by atomic mass is 19.1. The van der Waals surface area contributed by atoms with Crippen molar-refractivity contribution >= 4 is 17.3 Å². The zero-order valence-electron chi connectivity index (χ0n) is 95.8. The van der Waals surface area contributed by atoms with Crippen molar-refractivity contribution in [1.82, 2.24) is 15.0 Å². The smallest absolute Gasteiger partial charge is 0.162 e. The summed E-state index contributed by atoms with van der Waals surface area (Å²) < 4.78 is 27.7. The number of hydrogen-bond acceptors (Lipinski definition) is 6. The zero-order chi connectivity index (χ0) is 104. The van der Waals surface area contributed by atoms with Gasteiger partial charge in [0.25, 0.3) is 0 Å². The molecule has 0 fully saturated rings. The lowest BCUT2D eigenvalue weighted by molar-refractivity contribution is -0.121. The molecule has 0 aliphatic carbocycles. The van der Waals surface area contributed by atoms with Crippen LogP contribution in [-0.4, -0.2) is 32.3 Å². The van der Waals surface area contributed by atoms with Gasteiger partial charge >= 0.3 is 0 Å². The van der Waals surface area contributed by atoms with Crippen LogP contribution in [0.15, 0.2) is 133 Å². The largest absolute Gasteiger partial charge is 0.300 e. The minimum absolute atomic E-state index is 0.00368. The van der Waals surface area contributed by atoms with Gasteiger partial charge < -0.3 is 0 Å². The van der Waals surface area contributed by atoms with Crippen LogP contribution in [0.3, 0.4) is 0 Å². The molecule has 0 spiro atoms. The molecule has 0 bridgehead atoms. The predicted octanol–water partition coefficient (Wildman–Crippen LogP) is 37.4. The molecule has 0 unspecified atom stereocenters. The third kappa shape index (κ3) is 73.1. The van der Waals surface area contributed by atoms with Gasteiger partial charge in [0.05, 0.1) is 5.69 Å². The molecule has 0 N–H and O–H groups in total. The molecule has 0 saturated carbocycles. The van der Waals surface area contributed by atoms with E-state index < -0.39 is 0 Å². The summed E-state index contributed by atoms with van der Waals surface area (Å²) in [5, 5.41) is 0. The molecule has 0 atom stereocenters. The lowest BCUT2D eigenvalue weighted by atomic mass is 9.85. The second kappa shape index (κ2) is 56.0. The van der Waals surface area contributed by atoms with E-state index >= 15 is 0 Å². The number of hydrogen-bond donors (Lipinski definition) is 0. The van der Waals surface area contributed by atoms with Crippen LogP contribution >= 0.6 is 0 Å². The van der Waals surface area contributed by atoms with Crippen molar-refractivity contribution in [3.8, 4) is 0 Å². The van der Waals surface area contributed by atoms with E-state index in [1.54, 1.807) is 6.07 Å². The number of aryl methyl sites for hydroxylation is 6. The zero-order valence-corrected chi connectivity index (χ0v) is 95.8. The van der Waals surface area contributed by atoms with Crippen LogP contribution in [0.2, 0.25) is 0 Å². The first-order chi connectivity index (χ1) is 61.0. The summed E-state index contributed by atoms with van der Waals surface area (Å²) >= 11 is 0. The number of ketones is 3. The number of carbonyl (C=O) groups excluding carboxylic acids is 3. The fourth-order valence-electron chi connectivity index (χ4n) is 16.2. The molecule has 0 amide bonds. The maximum Gasteiger partial charge on any atom is 0.162 e. The van der Waals surface area contributed by atoms with E-state index in [1.165, 1.54) is 102 Å². The lowest BCUT2D eigenvalue weighted by Gasteiger charge is -2.21. The minimum atomic E-state index is -0.198. The summed E-state index contributed by atoms with van der Waals surface area (Å²) in [6.07, 6.45) is 27.7. The predicted molar refractivity (Wildman–Crippen MR) is 587 cm³/mol. The van der Waals surface area contributed by atoms with Gasteiger partial charge in [-0.2, -0.15) is 0 Å². The van der Waals surface area contributed by atoms with Crippen LogP contribution in [0.1, 0.15) is 476 Å². The first kappa shape index (κ1) is 126. The van der Waals surface area contributed by atoms with Crippen molar-refractivity contribution in [2.75, 3.05) is 0 Å². The van der Waals surface area contributed by atoms with Gasteiger partial charge in [-0.3, -0.25) is 19.4 Å². The summed E-state index contributed by atoms with van der Waals surface area (Å²) in [6.45, 7) is 95.7. The Morgan fingerprint density at radius 1 is 0.252 bits per heavy atom. The van der Waals surface area contributed by atoms with Gasteiger partial charge in [0.2, 0.25) is 0 Å². The number of aromatic nitrogens is 3. The highest BCUT2D eigenvalue weighted by molar-refractivity contribution is 5.96. The van der Waals surface area contributed by atoms with E-state index in [2.05, 4.69) is 399 Å². The van der Waals surface area contributed by atoms with Crippen molar-refractivity contribution in [2.45, 2.75) is 478 Å². The fraction of sp³-hybridized carbons (Fsp3) is 0.669. The number of unbranched alkanes of at least 4 members (excludes halogenated alkanes) is 3. The number of benzene rings is 5. The Balaban J connectivity index is 0.000000788. The van der Waals surface area contributed by atoms with Crippen LogP contribution in [0, 0.1) is 94.4 Å². The van der Waals surface area contributed by atoms with Gasteiger partial charge in [0, 0.05) is 61.2 Å². The lowest BCUT2D eigenvalue weighted by Crippen LogP contribution is -2.14. The van der Waals surface area contributed by atoms with Gasteiger partial charge in [-0.25, -0.2) is 18.7 Å². The molecule has 7 aromatic rings. The van der Waals surface area contributed by atoms with Gasteiger partial charge in [-0.1, -0.05) is 413 Å². The van der Waals surface area contributed by atoms with Gasteiger partial charge in [-0.05, 0) is 285 Å². The standard InChI is InChI=1S/C19H29FO.C19H30O.C19H32.C18H30FN.C18H32N2.C18H28O.C16H26/c1-18(2,3)12-14-7-10-17(20)15(11-14)8-9-16(21)13-19(4,5)6;1-18(2,3)13-16-9-7-8-15(12-16)10-11-17(20)14-19(4,5)6;1-18(2,3)14-8-7-9-16-10-12-17(13-11-16)15-19(4,5)6;1-17(2,3)12-8-7-9-16-15(19)11-10-14(20-16)13-18(4,5)6;1-14-12-15(13-18(5,6)7)20-16(19-14)10-8-9-11-17(2,3)4;1-17(2,3)11-10-16(19)15-9-7-8-14(12-15)13-18(4,5)6;1-15(2,3)11-13-8-7-9-14(10-13)12-16(4,5)6/h7,10-11H,8-9,12-13H2,1-6H3;7-9,12H,10-11,13-14H2,1-6H3;10-13H,7-9,14-15H2,1-6H3;10-11H,7-9,12-13H2,1-6H3;12H,8-11,13H2,1-7H3;7-9,12H,10-11,13H2,1-6H3;7-10H,11-12H2,1-6H3. The Morgan fingerprint density at radius 2 is 0.585 bits per heavy atom. The number of rotatable bonds is 31. The Morgan fingerprint density at radius 3 is 0.993 bits per heavy atom. The molecule has 2 aromatic heterocycles. The number of pyridine rings is 1. The molecule has 7 rings (SSSR count). The van der Waals surface area contributed by atoms with Crippen LogP contribution < -0.4 is 0 Å². The van der Waals surface area contributed by atoms with Crippen molar-refractivity contribution in [3.63, 3.8) is 0 Å². The Kier molecular flexibility index (Phi) is 52.4. The van der Waals surface area contributed by atoms with Gasteiger partial charge in [0.15, 0.2) is 5.78 Å². The van der Waals surface area contributed by atoms with E-state index in [4.69, 9.17) is 4.98 Å². The van der Waals surface area contributed by atoms with Crippen LogP contribution in [0.25, 0.3) is 0 Å². The SMILES string of the molecule is CC(C)(C)CC(=O)CCc1cc(CC(C)(C)C)ccc1F.CC(C)(C)CC(=O)CCc1cccc(CC(C)(C)C)c1.CC(C)(C)CCC(=O)c1cccc(CC(C)(C)C)c1.CC(C)(C)CCCCc1ccc(CC(C)(C)C)cc1.CC(C)(C)CCCCc1nc(CC(C)(C)C)ccc1F.CC(C)(C)Cc1cccc(CC(C)(C)C)c1.Cc1cc(CC(C)(C)C)nc(CCCCC(C)(C)C)n1. The fourth-order valence-corrected chi connectivity index (χ4v) is 16.2. The second-order valence-corrected chi connectivity index (χ2v) is 57.0. The number of Topliss-reactive ketones (excluding diaryl/α,β-unsaturated/α-hetero) is 3. The topological polar surface area (TPSA) is 89.9 Å². The van der Waals surface area contributed by atoms with Crippen LogP contribution in [0.4, 0.5) is 8.78 Å². The van der Waals surface area contributed by atoms with Crippen molar-refractivity contribution in [2.24, 2.45) is 75.8 Å². The van der Waals surface area contributed by atoms with Crippen molar-refractivity contribution < 1.29 is 23.2 Å². The van der Waals surface area contributed by atoms with Gasteiger partial charge in [-0.15, -0.1) is 0 Å². The second-order valence-electron chi connectivity index (χ2n) is 57.0. The third-order valence-electron chi connectivity index (χ3n) is 21.9. The first-order valence-electron chi connectivity index (χ1n) is 52.2. The normalized spacial score (nSPS) is 12.7. The first-order valence-corrected chi connectivity index (χ1v) is 52.2. The number of halogens is 2. The molecular weight excluding hydrogens is 1650 g/mol. The molecule has 0 radical (unpaired) electrons. The molecule has 2 heterocycles.